The van der Waals surface area contributed by atoms with Crippen LogP contribution >= 0.6 is 0 Å². The Labute approximate surface area is 106 Å². The number of hydrogen-bond acceptors (Lipinski definition) is 5. The lowest BCUT2D eigenvalue weighted by Crippen LogP contribution is -2.21. The third-order valence-corrected chi connectivity index (χ3v) is 2.76. The van der Waals surface area contributed by atoms with Crippen LogP contribution in [-0.4, -0.2) is 33.0 Å². The second kappa shape index (κ2) is 6.26. The molecule has 0 bridgehead atoms. The lowest BCUT2D eigenvalue weighted by atomic mass is 10.1. The van der Waals surface area contributed by atoms with Gasteiger partial charge in [-0.05, 0) is 30.7 Å². The Morgan fingerprint density at radius 1 is 1.33 bits per heavy atom. The van der Waals surface area contributed by atoms with Crippen LogP contribution in [0.4, 0.5) is 0 Å². The van der Waals surface area contributed by atoms with Crippen LogP contribution in [0.5, 0.6) is 11.5 Å². The van der Waals surface area contributed by atoms with Gasteiger partial charge in [0, 0.05) is 6.54 Å². The standard InChI is InChI=1S/C13H17NO4/c1-16-13(15)5-7-14-6-4-10-2-3-11-12(8-10)18-9-17-11/h2-3,8,14H,4-7,9H2,1H3. The smallest absolute Gasteiger partial charge is 0.306 e. The molecule has 5 nitrogen and oxygen atoms in total. The number of benzene rings is 1. The van der Waals surface area contributed by atoms with Crippen LogP contribution in [0.2, 0.25) is 0 Å². The summed E-state index contributed by atoms with van der Waals surface area (Å²) in [6, 6.07) is 5.94. The molecule has 0 unspecified atom stereocenters. The van der Waals surface area contributed by atoms with Crippen molar-refractivity contribution in [1.29, 1.82) is 0 Å². The highest BCUT2D eigenvalue weighted by molar-refractivity contribution is 5.69. The van der Waals surface area contributed by atoms with E-state index in [1.807, 2.05) is 18.2 Å². The van der Waals surface area contributed by atoms with Crippen LogP contribution in [0.1, 0.15) is 12.0 Å². The quantitative estimate of drug-likeness (QED) is 0.606. The number of carbonyl (C=O) groups is 1. The zero-order valence-electron chi connectivity index (χ0n) is 10.4. The average Bonchev–Trinajstić information content (AvgIpc) is 2.85. The van der Waals surface area contributed by atoms with E-state index in [-0.39, 0.29) is 5.97 Å². The molecule has 0 atom stereocenters. The number of esters is 1. The summed E-state index contributed by atoms with van der Waals surface area (Å²) in [5.74, 6) is 1.42. The van der Waals surface area contributed by atoms with Crippen LogP contribution in [0.15, 0.2) is 18.2 Å². The Morgan fingerprint density at radius 2 is 2.17 bits per heavy atom. The molecule has 0 aromatic heterocycles. The minimum Gasteiger partial charge on any atom is -0.469 e. The number of rotatable bonds is 6. The second-order valence-electron chi connectivity index (χ2n) is 4.01. The Bertz CT molecular complexity index is 419. The summed E-state index contributed by atoms with van der Waals surface area (Å²) in [5.41, 5.74) is 1.19. The summed E-state index contributed by atoms with van der Waals surface area (Å²) in [6.45, 7) is 1.75. The van der Waals surface area contributed by atoms with Gasteiger partial charge in [0.1, 0.15) is 0 Å². The molecule has 1 heterocycles. The van der Waals surface area contributed by atoms with E-state index in [0.717, 1.165) is 24.5 Å². The van der Waals surface area contributed by atoms with E-state index in [9.17, 15) is 4.79 Å². The lowest BCUT2D eigenvalue weighted by molar-refractivity contribution is -0.140. The van der Waals surface area contributed by atoms with Gasteiger partial charge in [-0.2, -0.15) is 0 Å². The van der Waals surface area contributed by atoms with Gasteiger partial charge >= 0.3 is 5.97 Å². The Hall–Kier alpha value is -1.75. The zero-order chi connectivity index (χ0) is 12.8. The molecule has 0 saturated carbocycles. The van der Waals surface area contributed by atoms with Crippen molar-refractivity contribution in [3.63, 3.8) is 0 Å². The number of carbonyl (C=O) groups excluding carboxylic acids is 1. The molecular weight excluding hydrogens is 234 g/mol. The molecule has 1 aliphatic heterocycles. The lowest BCUT2D eigenvalue weighted by Gasteiger charge is -2.05. The van der Waals surface area contributed by atoms with Gasteiger partial charge in [-0.1, -0.05) is 6.07 Å². The predicted octanol–water partition coefficient (Wildman–Crippen LogP) is 1.11. The summed E-state index contributed by atoms with van der Waals surface area (Å²) in [4.78, 5) is 10.9. The van der Waals surface area contributed by atoms with E-state index in [1.165, 1.54) is 12.7 Å². The van der Waals surface area contributed by atoms with Gasteiger partial charge in [-0.15, -0.1) is 0 Å². The van der Waals surface area contributed by atoms with Crippen molar-refractivity contribution >= 4 is 5.97 Å². The fourth-order valence-electron chi connectivity index (χ4n) is 1.75. The van der Waals surface area contributed by atoms with Crippen molar-refractivity contribution in [3.05, 3.63) is 23.8 Å². The Morgan fingerprint density at radius 3 is 3.00 bits per heavy atom. The molecule has 0 spiro atoms. The fourth-order valence-corrected chi connectivity index (χ4v) is 1.75. The maximum absolute atomic E-state index is 10.9. The maximum atomic E-state index is 10.9. The molecule has 0 aliphatic carbocycles. The van der Waals surface area contributed by atoms with Gasteiger partial charge in [0.15, 0.2) is 11.5 Å². The maximum Gasteiger partial charge on any atom is 0.306 e. The average molecular weight is 251 g/mol. The van der Waals surface area contributed by atoms with E-state index in [4.69, 9.17) is 9.47 Å². The number of fused-ring (bicyclic) bond motifs is 1. The second-order valence-corrected chi connectivity index (χ2v) is 4.01. The monoisotopic (exact) mass is 251 g/mol. The summed E-state index contributed by atoms with van der Waals surface area (Å²) in [6.07, 6.45) is 1.29. The van der Waals surface area contributed by atoms with Crippen molar-refractivity contribution < 1.29 is 19.0 Å². The van der Waals surface area contributed by atoms with Gasteiger partial charge < -0.3 is 19.5 Å². The van der Waals surface area contributed by atoms with Gasteiger partial charge in [0.25, 0.3) is 0 Å². The van der Waals surface area contributed by atoms with Crippen molar-refractivity contribution in [1.82, 2.24) is 5.32 Å². The van der Waals surface area contributed by atoms with E-state index >= 15 is 0 Å². The largest absolute Gasteiger partial charge is 0.469 e. The molecule has 0 fully saturated rings. The highest BCUT2D eigenvalue weighted by Gasteiger charge is 2.12. The van der Waals surface area contributed by atoms with Crippen LogP contribution < -0.4 is 14.8 Å². The zero-order valence-corrected chi connectivity index (χ0v) is 10.4. The highest BCUT2D eigenvalue weighted by Crippen LogP contribution is 2.32. The van der Waals surface area contributed by atoms with E-state index in [2.05, 4.69) is 10.1 Å². The molecule has 0 saturated heterocycles. The molecule has 2 rings (SSSR count). The number of nitrogens with one attached hydrogen (secondary N) is 1. The highest BCUT2D eigenvalue weighted by atomic mass is 16.7. The molecule has 1 N–H and O–H groups in total. The van der Waals surface area contributed by atoms with Crippen molar-refractivity contribution in [2.45, 2.75) is 12.8 Å². The van der Waals surface area contributed by atoms with Crippen LogP contribution in [-0.2, 0) is 16.0 Å². The Kier molecular flexibility index (Phi) is 4.41. The minimum absolute atomic E-state index is 0.189. The molecule has 1 aromatic rings. The summed E-state index contributed by atoms with van der Waals surface area (Å²) in [7, 11) is 1.40. The first-order valence-corrected chi connectivity index (χ1v) is 5.95. The number of hydrogen-bond donors (Lipinski definition) is 1. The SMILES string of the molecule is COC(=O)CCNCCc1ccc2c(c1)OCO2. The molecule has 98 valence electrons. The fraction of sp³-hybridized carbons (Fsp3) is 0.462. The van der Waals surface area contributed by atoms with Crippen molar-refractivity contribution in [2.75, 3.05) is 27.0 Å². The first kappa shape index (κ1) is 12.7. The van der Waals surface area contributed by atoms with Gasteiger partial charge in [-0.3, -0.25) is 4.79 Å². The van der Waals surface area contributed by atoms with E-state index in [0.29, 0.717) is 19.8 Å². The summed E-state index contributed by atoms with van der Waals surface area (Å²) < 4.78 is 15.1. The van der Waals surface area contributed by atoms with E-state index in [1.54, 1.807) is 0 Å². The summed E-state index contributed by atoms with van der Waals surface area (Å²) in [5, 5.41) is 3.19. The normalized spacial score (nSPS) is 12.5. The van der Waals surface area contributed by atoms with Gasteiger partial charge in [0.2, 0.25) is 6.79 Å². The molecule has 0 radical (unpaired) electrons. The van der Waals surface area contributed by atoms with Crippen LogP contribution in [0, 0.1) is 0 Å². The first-order valence-electron chi connectivity index (χ1n) is 5.95. The minimum atomic E-state index is -0.189. The summed E-state index contributed by atoms with van der Waals surface area (Å²) >= 11 is 0. The molecule has 1 aliphatic rings. The Balaban J connectivity index is 1.69. The van der Waals surface area contributed by atoms with E-state index < -0.39 is 0 Å². The van der Waals surface area contributed by atoms with Crippen LogP contribution in [0.25, 0.3) is 0 Å². The van der Waals surface area contributed by atoms with Crippen molar-refractivity contribution in [2.24, 2.45) is 0 Å². The predicted molar refractivity (Wildman–Crippen MR) is 65.8 cm³/mol. The molecule has 1 aromatic carbocycles. The topological polar surface area (TPSA) is 56.8 Å². The molecule has 5 heteroatoms. The molecule has 18 heavy (non-hydrogen) atoms. The molecule has 0 amide bonds. The third-order valence-electron chi connectivity index (χ3n) is 2.76. The van der Waals surface area contributed by atoms with Gasteiger partial charge in [-0.25, -0.2) is 0 Å². The number of methoxy groups -OCH3 is 1. The molecular formula is C13H17NO4. The van der Waals surface area contributed by atoms with Crippen molar-refractivity contribution in [3.8, 4) is 11.5 Å². The third kappa shape index (κ3) is 3.37. The number of ether oxygens (including phenoxy) is 3. The van der Waals surface area contributed by atoms with Gasteiger partial charge in [0.05, 0.1) is 13.5 Å². The van der Waals surface area contributed by atoms with Crippen LogP contribution in [0.3, 0.4) is 0 Å². The first-order chi connectivity index (χ1) is 8.79.